The van der Waals surface area contributed by atoms with Gasteiger partial charge >= 0.3 is 5.97 Å². The van der Waals surface area contributed by atoms with E-state index in [0.717, 1.165) is 61.0 Å². The van der Waals surface area contributed by atoms with Crippen molar-refractivity contribution in [2.45, 2.75) is 102 Å². The molecule has 278 valence electrons. The zero-order valence-electron chi connectivity index (χ0n) is 30.4. The van der Waals surface area contributed by atoms with Crippen LogP contribution < -0.4 is 15.4 Å². The number of hydrogen-bond donors (Lipinski definition) is 3. The van der Waals surface area contributed by atoms with Gasteiger partial charge in [-0.3, -0.25) is 14.4 Å². The van der Waals surface area contributed by atoms with Gasteiger partial charge in [0, 0.05) is 6.42 Å². The number of allylic oxidation sites excluding steroid dienone is 2. The second-order valence-corrected chi connectivity index (χ2v) is 14.6. The van der Waals surface area contributed by atoms with E-state index in [1.165, 1.54) is 19.3 Å². The predicted molar refractivity (Wildman–Crippen MR) is 203 cm³/mol. The number of carbonyl (C=O) groups is 3. The number of hydrogen-bond acceptors (Lipinski definition) is 6. The van der Waals surface area contributed by atoms with Gasteiger partial charge in [0.2, 0.25) is 11.8 Å². The molecule has 8 heteroatoms. The van der Waals surface area contributed by atoms with Gasteiger partial charge in [-0.15, -0.1) is 0 Å². The van der Waals surface area contributed by atoms with Crippen LogP contribution in [-0.4, -0.2) is 48.2 Å². The Balaban J connectivity index is 1.19. The number of ether oxygens (including phenoxy) is 2. The molecule has 0 radical (unpaired) electrons. The fourth-order valence-corrected chi connectivity index (χ4v) is 7.38. The molecule has 52 heavy (non-hydrogen) atoms. The van der Waals surface area contributed by atoms with Gasteiger partial charge < -0.3 is 25.2 Å². The summed E-state index contributed by atoms with van der Waals surface area (Å²) in [5, 5.41) is 16.3. The minimum Gasteiger partial charge on any atom is -0.489 e. The Labute approximate surface area is 309 Å². The van der Waals surface area contributed by atoms with E-state index in [0.29, 0.717) is 31.8 Å². The van der Waals surface area contributed by atoms with Crippen LogP contribution in [0.25, 0.3) is 0 Å². The molecule has 2 amide bonds. The highest BCUT2D eigenvalue weighted by molar-refractivity contribution is 5.86. The zero-order chi connectivity index (χ0) is 36.4. The number of aliphatic hydroxyl groups excluding tert-OH is 1. The highest BCUT2D eigenvalue weighted by atomic mass is 16.5. The molecule has 3 aromatic carbocycles. The molecule has 0 saturated heterocycles. The third kappa shape index (κ3) is 13.3. The average Bonchev–Trinajstić information content (AvgIpc) is 3.17. The van der Waals surface area contributed by atoms with E-state index in [1.807, 2.05) is 91.0 Å². The fraction of sp³-hybridized carbons (Fsp3) is 0.477. The molecule has 0 bridgehead atoms. The number of amides is 2. The molecule has 1 heterocycles. The highest BCUT2D eigenvalue weighted by Crippen LogP contribution is 2.28. The van der Waals surface area contributed by atoms with Gasteiger partial charge in [-0.1, -0.05) is 117 Å². The van der Waals surface area contributed by atoms with Gasteiger partial charge in [-0.2, -0.15) is 0 Å². The lowest BCUT2D eigenvalue weighted by Gasteiger charge is -2.29. The van der Waals surface area contributed by atoms with Crippen molar-refractivity contribution in [2.75, 3.05) is 13.2 Å². The maximum atomic E-state index is 13.9. The van der Waals surface area contributed by atoms with Crippen LogP contribution >= 0.6 is 0 Å². The van der Waals surface area contributed by atoms with Crippen molar-refractivity contribution >= 4 is 17.8 Å². The van der Waals surface area contributed by atoms with E-state index < -0.39 is 12.0 Å². The van der Waals surface area contributed by atoms with Crippen molar-refractivity contribution in [3.8, 4) is 5.75 Å². The Morgan fingerprint density at radius 1 is 0.827 bits per heavy atom. The number of carbonyl (C=O) groups excluding carboxylic acids is 3. The third-order valence-corrected chi connectivity index (χ3v) is 10.3. The molecular formula is C44H56N2O6. The predicted octanol–water partition coefficient (Wildman–Crippen LogP) is 7.28. The number of nitrogens with one attached hydrogen (secondary N) is 2. The van der Waals surface area contributed by atoms with Crippen LogP contribution in [0.15, 0.2) is 97.1 Å². The van der Waals surface area contributed by atoms with E-state index in [9.17, 15) is 19.5 Å². The summed E-state index contributed by atoms with van der Waals surface area (Å²) in [6.07, 6.45) is 14.4. The second kappa shape index (κ2) is 21.2. The Morgan fingerprint density at radius 3 is 2.25 bits per heavy atom. The Bertz CT molecular complexity index is 1540. The molecule has 1 aliphatic heterocycles. The Hall–Kier alpha value is -4.43. The van der Waals surface area contributed by atoms with Crippen molar-refractivity contribution in [2.24, 2.45) is 17.8 Å². The van der Waals surface area contributed by atoms with Gasteiger partial charge in [0.05, 0.1) is 30.5 Å². The molecule has 4 atom stereocenters. The smallest absolute Gasteiger partial charge is 0.309 e. The maximum Gasteiger partial charge on any atom is 0.309 e. The first kappa shape index (κ1) is 38.8. The first-order chi connectivity index (χ1) is 25.4. The number of aliphatic hydroxyl groups is 1. The standard InChI is InChI=1S/C44H56N2O6/c47-30-39(27-35-22-24-41(25-23-35)51-31-36-18-10-5-11-19-36)45-42(48)29-37-20-12-1-2-13-21-38(26-33-14-6-3-7-15-33)44(50)52-32-40(46-43(37)49)28-34-16-8-4-9-17-34/h1,3,5-7,10-12,14-15,18-19,22-25,34,37-40,47H,2,4,8-9,13,16-17,20-21,26-32H2,(H,45,48)(H,46,49). The molecule has 5 rings (SSSR count). The quantitative estimate of drug-likeness (QED) is 0.127. The van der Waals surface area contributed by atoms with Crippen LogP contribution in [0, 0.1) is 17.8 Å². The number of benzene rings is 3. The largest absolute Gasteiger partial charge is 0.489 e. The van der Waals surface area contributed by atoms with Crippen LogP contribution in [0.3, 0.4) is 0 Å². The molecule has 8 nitrogen and oxygen atoms in total. The molecule has 3 aromatic rings. The van der Waals surface area contributed by atoms with Crippen LogP contribution in [0.4, 0.5) is 0 Å². The van der Waals surface area contributed by atoms with Gasteiger partial charge in [0.25, 0.3) is 0 Å². The van der Waals surface area contributed by atoms with E-state index >= 15 is 0 Å². The first-order valence-electron chi connectivity index (χ1n) is 19.3. The first-order valence-corrected chi connectivity index (χ1v) is 19.3. The average molecular weight is 709 g/mol. The summed E-state index contributed by atoms with van der Waals surface area (Å²) in [7, 11) is 0. The lowest BCUT2D eigenvalue weighted by Crippen LogP contribution is -2.45. The summed E-state index contributed by atoms with van der Waals surface area (Å²) >= 11 is 0. The molecule has 3 N–H and O–H groups in total. The molecule has 1 fully saturated rings. The number of cyclic esters (lactones) is 1. The van der Waals surface area contributed by atoms with Gasteiger partial charge in [-0.05, 0) is 79.7 Å². The van der Waals surface area contributed by atoms with E-state index in [4.69, 9.17) is 9.47 Å². The van der Waals surface area contributed by atoms with Crippen LogP contribution in [0.1, 0.15) is 87.3 Å². The van der Waals surface area contributed by atoms with Gasteiger partial charge in [-0.25, -0.2) is 0 Å². The van der Waals surface area contributed by atoms with E-state index in [2.05, 4.69) is 16.7 Å². The summed E-state index contributed by atoms with van der Waals surface area (Å²) in [5.41, 5.74) is 3.15. The van der Waals surface area contributed by atoms with Crippen LogP contribution in [0.2, 0.25) is 0 Å². The number of rotatable bonds is 13. The summed E-state index contributed by atoms with van der Waals surface area (Å²) in [4.78, 5) is 40.7. The molecule has 2 aliphatic rings. The third-order valence-electron chi connectivity index (χ3n) is 10.3. The summed E-state index contributed by atoms with van der Waals surface area (Å²) < 4.78 is 11.9. The van der Waals surface area contributed by atoms with Crippen molar-refractivity contribution in [1.82, 2.24) is 10.6 Å². The molecule has 0 spiro atoms. The monoisotopic (exact) mass is 708 g/mol. The molecule has 1 aliphatic carbocycles. The normalized spacial score (nSPS) is 21.3. The summed E-state index contributed by atoms with van der Waals surface area (Å²) in [6, 6.07) is 26.9. The van der Waals surface area contributed by atoms with Gasteiger partial charge in [0.15, 0.2) is 0 Å². The summed E-state index contributed by atoms with van der Waals surface area (Å²) in [6.45, 7) is 0.375. The molecule has 0 aromatic heterocycles. The Morgan fingerprint density at radius 2 is 1.54 bits per heavy atom. The molecular weight excluding hydrogens is 652 g/mol. The van der Waals surface area contributed by atoms with Crippen molar-refractivity contribution < 1.29 is 29.0 Å². The van der Waals surface area contributed by atoms with E-state index in [-0.39, 0.29) is 49.4 Å². The second-order valence-electron chi connectivity index (χ2n) is 14.6. The van der Waals surface area contributed by atoms with Crippen LogP contribution in [0.5, 0.6) is 5.75 Å². The SMILES string of the molecule is O=C(CC1CC=CCCCC(Cc2ccccc2)C(=O)OCC(CC2CCCCC2)NC1=O)NC(CO)Cc1ccc(OCc2ccccc2)cc1. The molecule has 4 unspecified atom stereocenters. The summed E-state index contributed by atoms with van der Waals surface area (Å²) in [5.74, 6) is -0.326. The number of esters is 1. The van der Waals surface area contributed by atoms with Crippen LogP contribution in [-0.2, 0) is 38.6 Å². The van der Waals surface area contributed by atoms with E-state index in [1.54, 1.807) is 0 Å². The van der Waals surface area contributed by atoms with Gasteiger partial charge in [0.1, 0.15) is 19.0 Å². The van der Waals surface area contributed by atoms with Crippen molar-refractivity contribution in [3.05, 3.63) is 114 Å². The lowest BCUT2D eigenvalue weighted by atomic mass is 9.84. The Kier molecular flexibility index (Phi) is 15.8. The minimum atomic E-state index is -0.588. The highest BCUT2D eigenvalue weighted by Gasteiger charge is 2.29. The lowest BCUT2D eigenvalue weighted by molar-refractivity contribution is -0.150. The fourth-order valence-electron chi connectivity index (χ4n) is 7.38. The minimum absolute atomic E-state index is 0.00593. The molecule has 1 saturated carbocycles. The maximum absolute atomic E-state index is 13.9. The van der Waals surface area contributed by atoms with Crippen molar-refractivity contribution in [1.29, 1.82) is 0 Å². The topological polar surface area (TPSA) is 114 Å². The zero-order valence-corrected chi connectivity index (χ0v) is 30.4. The van der Waals surface area contributed by atoms with Crippen molar-refractivity contribution in [3.63, 3.8) is 0 Å².